The second kappa shape index (κ2) is 9.87. The number of ether oxygens (including phenoxy) is 1. The van der Waals surface area contributed by atoms with Gasteiger partial charge in [-0.1, -0.05) is 30.9 Å². The minimum absolute atomic E-state index is 0.0162. The van der Waals surface area contributed by atoms with Crippen LogP contribution < -0.4 is 10.0 Å². The smallest absolute Gasteiger partial charge is 0.331 e. The molecule has 7 nitrogen and oxygen atoms in total. The predicted molar refractivity (Wildman–Crippen MR) is 119 cm³/mol. The van der Waals surface area contributed by atoms with E-state index in [1.807, 2.05) is 0 Å². The molecule has 2 aromatic rings. The first kappa shape index (κ1) is 24.0. The molecule has 1 fully saturated rings. The molecule has 0 spiro atoms. The molecule has 172 valence electrons. The number of hydrogen-bond donors (Lipinski definition) is 2. The molecule has 10 heteroatoms. The van der Waals surface area contributed by atoms with Crippen LogP contribution in [-0.4, -0.2) is 32.4 Å². The van der Waals surface area contributed by atoms with Crippen LogP contribution in [0.4, 0.5) is 10.1 Å². The van der Waals surface area contributed by atoms with E-state index in [-0.39, 0.29) is 27.8 Å². The van der Waals surface area contributed by atoms with Gasteiger partial charge in [-0.2, -0.15) is 0 Å². The van der Waals surface area contributed by atoms with Crippen LogP contribution in [0.25, 0.3) is 0 Å². The first-order chi connectivity index (χ1) is 15.2. The number of carbonyl (C=O) groups is 2. The lowest BCUT2D eigenvalue weighted by Crippen LogP contribution is -2.56. The molecule has 0 heterocycles. The van der Waals surface area contributed by atoms with Crippen molar-refractivity contribution in [1.82, 2.24) is 5.32 Å². The zero-order valence-electron chi connectivity index (χ0n) is 17.5. The topological polar surface area (TPSA) is 102 Å². The summed E-state index contributed by atoms with van der Waals surface area (Å²) < 4.78 is 45.9. The molecular formula is C22H24ClFN2O5S. The summed E-state index contributed by atoms with van der Waals surface area (Å²) in [6, 6.07) is 8.41. The number of esters is 1. The Morgan fingerprint density at radius 1 is 1.09 bits per heavy atom. The van der Waals surface area contributed by atoms with Crippen molar-refractivity contribution in [3.05, 3.63) is 58.9 Å². The number of rotatable bonds is 7. The predicted octanol–water partition coefficient (Wildman–Crippen LogP) is 4.28. The van der Waals surface area contributed by atoms with Crippen LogP contribution >= 0.6 is 11.6 Å². The van der Waals surface area contributed by atoms with E-state index in [2.05, 4.69) is 10.0 Å². The van der Waals surface area contributed by atoms with E-state index in [1.54, 1.807) is 6.92 Å². The molecule has 0 atom stereocenters. The zero-order valence-corrected chi connectivity index (χ0v) is 19.1. The van der Waals surface area contributed by atoms with E-state index < -0.39 is 33.3 Å². The van der Waals surface area contributed by atoms with E-state index in [9.17, 15) is 22.4 Å². The third-order valence-electron chi connectivity index (χ3n) is 5.32. The van der Waals surface area contributed by atoms with Gasteiger partial charge in [-0.15, -0.1) is 0 Å². The summed E-state index contributed by atoms with van der Waals surface area (Å²) >= 11 is 6.14. The Labute approximate surface area is 191 Å². The first-order valence-electron chi connectivity index (χ1n) is 10.2. The Morgan fingerprint density at radius 2 is 1.75 bits per heavy atom. The minimum atomic E-state index is -4.06. The maximum absolute atomic E-state index is 13.1. The second-order valence-corrected chi connectivity index (χ2v) is 9.66. The maximum Gasteiger partial charge on any atom is 0.331 e. The van der Waals surface area contributed by atoms with Gasteiger partial charge >= 0.3 is 5.97 Å². The van der Waals surface area contributed by atoms with Crippen LogP contribution in [0.3, 0.4) is 0 Å². The molecule has 1 aliphatic rings. The van der Waals surface area contributed by atoms with Gasteiger partial charge in [-0.3, -0.25) is 9.52 Å². The fourth-order valence-corrected chi connectivity index (χ4v) is 4.95. The Morgan fingerprint density at radius 3 is 2.38 bits per heavy atom. The van der Waals surface area contributed by atoms with Crippen molar-refractivity contribution in [3.63, 3.8) is 0 Å². The number of sulfonamides is 1. The van der Waals surface area contributed by atoms with Gasteiger partial charge in [0.25, 0.3) is 15.9 Å². The molecule has 0 aromatic heterocycles. The first-order valence-corrected chi connectivity index (χ1v) is 12.1. The van der Waals surface area contributed by atoms with Gasteiger partial charge < -0.3 is 10.1 Å². The molecule has 0 bridgehead atoms. The van der Waals surface area contributed by atoms with Gasteiger partial charge in [-0.05, 0) is 62.2 Å². The molecule has 0 aliphatic heterocycles. The normalized spacial score (nSPS) is 15.6. The minimum Gasteiger partial charge on any atom is -0.464 e. The molecule has 2 aromatic carbocycles. The van der Waals surface area contributed by atoms with Crippen LogP contribution in [0, 0.1) is 5.82 Å². The number of amides is 1. The quantitative estimate of drug-likeness (QED) is 0.574. The number of carbonyl (C=O) groups excluding carboxylic acids is 2. The largest absolute Gasteiger partial charge is 0.464 e. The Kier molecular flexibility index (Phi) is 7.40. The molecular weight excluding hydrogens is 459 g/mol. The number of benzene rings is 2. The lowest BCUT2D eigenvalue weighted by atomic mass is 9.81. The van der Waals surface area contributed by atoms with Crippen molar-refractivity contribution in [1.29, 1.82) is 0 Å². The third kappa shape index (κ3) is 5.39. The Bertz CT molecular complexity index is 1100. The summed E-state index contributed by atoms with van der Waals surface area (Å²) in [5.41, 5.74) is -1.00. The summed E-state index contributed by atoms with van der Waals surface area (Å²) in [4.78, 5) is 25.4. The molecule has 2 N–H and O–H groups in total. The van der Waals surface area contributed by atoms with Crippen LogP contribution in [0.2, 0.25) is 5.02 Å². The molecule has 32 heavy (non-hydrogen) atoms. The van der Waals surface area contributed by atoms with Crippen LogP contribution in [-0.2, 0) is 19.6 Å². The number of anilines is 1. The molecule has 1 aliphatic carbocycles. The highest BCUT2D eigenvalue weighted by atomic mass is 35.5. The Hall–Kier alpha value is -2.65. The summed E-state index contributed by atoms with van der Waals surface area (Å²) in [7, 11) is -4.06. The van der Waals surface area contributed by atoms with Crippen molar-refractivity contribution in [2.24, 2.45) is 0 Å². The second-order valence-electron chi connectivity index (χ2n) is 7.57. The van der Waals surface area contributed by atoms with E-state index in [1.165, 1.54) is 18.2 Å². The van der Waals surface area contributed by atoms with Gasteiger partial charge in [0.15, 0.2) is 0 Å². The van der Waals surface area contributed by atoms with Crippen LogP contribution in [0.1, 0.15) is 49.4 Å². The Balaban J connectivity index is 1.84. The van der Waals surface area contributed by atoms with Crippen molar-refractivity contribution in [3.8, 4) is 0 Å². The number of halogens is 2. The molecule has 0 unspecified atom stereocenters. The summed E-state index contributed by atoms with van der Waals surface area (Å²) in [5.74, 6) is -1.59. The highest BCUT2D eigenvalue weighted by Crippen LogP contribution is 2.31. The van der Waals surface area contributed by atoms with Gasteiger partial charge in [0, 0.05) is 5.56 Å². The standard InChI is InChI=1S/C22H24ClFN2O5S/c1-2-31-21(28)22(12-4-3-5-13-22)25-20(27)15-6-11-18(23)19(14-15)26-32(29,30)17-9-7-16(24)8-10-17/h6-11,14,26H,2-5,12-13H2,1H3,(H,25,27). The summed E-state index contributed by atoms with van der Waals surface area (Å²) in [6.07, 6.45) is 3.46. The number of hydrogen-bond acceptors (Lipinski definition) is 5. The van der Waals surface area contributed by atoms with Gasteiger partial charge in [-0.25, -0.2) is 17.6 Å². The van der Waals surface area contributed by atoms with Gasteiger partial charge in [0.2, 0.25) is 0 Å². The fraction of sp³-hybridized carbons (Fsp3) is 0.364. The van der Waals surface area contributed by atoms with Gasteiger partial charge in [0.1, 0.15) is 11.4 Å². The van der Waals surface area contributed by atoms with Gasteiger partial charge in [0.05, 0.1) is 22.2 Å². The molecule has 3 rings (SSSR count). The lowest BCUT2D eigenvalue weighted by Gasteiger charge is -2.35. The van der Waals surface area contributed by atoms with E-state index >= 15 is 0 Å². The molecule has 1 amide bonds. The van der Waals surface area contributed by atoms with Crippen molar-refractivity contribution < 1.29 is 27.1 Å². The van der Waals surface area contributed by atoms with Crippen molar-refractivity contribution in [2.75, 3.05) is 11.3 Å². The van der Waals surface area contributed by atoms with Crippen LogP contribution in [0.5, 0.6) is 0 Å². The van der Waals surface area contributed by atoms with E-state index in [0.29, 0.717) is 12.8 Å². The monoisotopic (exact) mass is 482 g/mol. The highest BCUT2D eigenvalue weighted by Gasteiger charge is 2.42. The third-order valence-corrected chi connectivity index (χ3v) is 7.03. The van der Waals surface area contributed by atoms with E-state index in [4.69, 9.17) is 16.3 Å². The highest BCUT2D eigenvalue weighted by molar-refractivity contribution is 7.92. The lowest BCUT2D eigenvalue weighted by molar-refractivity contribution is -0.152. The number of nitrogens with one attached hydrogen (secondary N) is 2. The van der Waals surface area contributed by atoms with Crippen molar-refractivity contribution >= 4 is 39.2 Å². The maximum atomic E-state index is 13.1. The summed E-state index contributed by atoms with van der Waals surface area (Å²) in [5, 5.41) is 2.88. The zero-order chi connectivity index (χ0) is 23.4. The summed E-state index contributed by atoms with van der Waals surface area (Å²) in [6.45, 7) is 1.90. The average molecular weight is 483 g/mol. The fourth-order valence-electron chi connectivity index (χ4n) is 3.66. The molecule has 0 saturated heterocycles. The molecule has 1 saturated carbocycles. The van der Waals surface area contributed by atoms with Crippen molar-refractivity contribution in [2.45, 2.75) is 49.5 Å². The van der Waals surface area contributed by atoms with Crippen LogP contribution in [0.15, 0.2) is 47.4 Å². The average Bonchev–Trinajstić information content (AvgIpc) is 2.76. The molecule has 0 radical (unpaired) electrons. The SMILES string of the molecule is CCOC(=O)C1(NC(=O)c2ccc(Cl)c(NS(=O)(=O)c3ccc(F)cc3)c2)CCCCC1. The van der Waals surface area contributed by atoms with E-state index in [0.717, 1.165) is 43.5 Å².